The standard InChI is InChI=1S/C18H11Cl2F2N3O2S/c19-13-4-5-14-10(7-13)1-2-12-9-23-25(17(12)14)24-28(26,27)16-8-11(18(21)22)3-6-15(16)20/h1-9,18,24H. The zero-order chi connectivity index (χ0) is 20.1. The van der Waals surface area contributed by atoms with Gasteiger partial charge in [-0.15, -0.1) is 0 Å². The summed E-state index contributed by atoms with van der Waals surface area (Å²) in [6.07, 6.45) is -1.34. The predicted molar refractivity (Wildman–Crippen MR) is 105 cm³/mol. The van der Waals surface area contributed by atoms with Gasteiger partial charge in [0, 0.05) is 21.4 Å². The molecule has 0 atom stereocenters. The first-order valence-corrected chi connectivity index (χ1v) is 10.2. The SMILES string of the molecule is O=S(=O)(Nn1ncc2ccc3cc(Cl)ccc3c21)c1cc(C(F)F)ccc1Cl. The van der Waals surface area contributed by atoms with E-state index in [1.54, 1.807) is 24.3 Å². The molecule has 0 radical (unpaired) electrons. The molecule has 0 aliphatic carbocycles. The fourth-order valence-corrected chi connectivity index (χ4v) is 4.60. The Bertz CT molecular complexity index is 1320. The van der Waals surface area contributed by atoms with Crippen LogP contribution in [0.4, 0.5) is 8.78 Å². The summed E-state index contributed by atoms with van der Waals surface area (Å²) < 4.78 is 51.6. The Morgan fingerprint density at radius 1 is 1.00 bits per heavy atom. The lowest BCUT2D eigenvalue weighted by Crippen LogP contribution is -2.24. The van der Waals surface area contributed by atoms with Crippen molar-refractivity contribution in [1.82, 2.24) is 9.89 Å². The number of hydrogen-bond acceptors (Lipinski definition) is 3. The number of sulfonamides is 1. The molecular formula is C18H11Cl2F2N3O2S. The normalized spacial score (nSPS) is 12.2. The second-order valence-electron chi connectivity index (χ2n) is 6.01. The predicted octanol–water partition coefficient (Wildman–Crippen LogP) is 5.37. The molecule has 0 unspecified atom stereocenters. The molecule has 0 saturated carbocycles. The number of benzene rings is 3. The van der Waals surface area contributed by atoms with E-state index in [0.717, 1.165) is 33.8 Å². The highest BCUT2D eigenvalue weighted by atomic mass is 35.5. The van der Waals surface area contributed by atoms with Crippen molar-refractivity contribution in [3.63, 3.8) is 0 Å². The van der Waals surface area contributed by atoms with Gasteiger partial charge in [-0.05, 0) is 29.7 Å². The lowest BCUT2D eigenvalue weighted by Gasteiger charge is -2.12. The minimum atomic E-state index is -4.28. The van der Waals surface area contributed by atoms with Gasteiger partial charge in [-0.3, -0.25) is 0 Å². The molecule has 4 rings (SSSR count). The Kier molecular flexibility index (Phi) is 4.65. The second-order valence-corrected chi connectivity index (χ2v) is 8.48. The first-order chi connectivity index (χ1) is 13.3. The molecular weight excluding hydrogens is 431 g/mol. The van der Waals surface area contributed by atoms with Crippen LogP contribution in [-0.2, 0) is 10.0 Å². The molecule has 144 valence electrons. The topological polar surface area (TPSA) is 64.0 Å². The van der Waals surface area contributed by atoms with E-state index >= 15 is 0 Å². The number of alkyl halides is 2. The van der Waals surface area contributed by atoms with Crippen molar-refractivity contribution >= 4 is 54.9 Å². The Labute approximate surface area is 168 Å². The zero-order valence-corrected chi connectivity index (χ0v) is 16.2. The molecule has 5 nitrogen and oxygen atoms in total. The largest absolute Gasteiger partial charge is 0.278 e. The number of halogens is 4. The van der Waals surface area contributed by atoms with Crippen molar-refractivity contribution in [1.29, 1.82) is 0 Å². The minimum absolute atomic E-state index is 0.176. The molecule has 10 heteroatoms. The molecule has 0 bridgehead atoms. The van der Waals surface area contributed by atoms with E-state index in [2.05, 4.69) is 9.93 Å². The van der Waals surface area contributed by atoms with Crippen LogP contribution in [0.3, 0.4) is 0 Å². The van der Waals surface area contributed by atoms with Crippen LogP contribution in [0.15, 0.2) is 59.6 Å². The van der Waals surface area contributed by atoms with Crippen LogP contribution in [-0.4, -0.2) is 18.3 Å². The first kappa shape index (κ1) is 18.9. The molecule has 0 fully saturated rings. The van der Waals surface area contributed by atoms with Gasteiger partial charge in [0.2, 0.25) is 0 Å². The summed E-state index contributed by atoms with van der Waals surface area (Å²) in [5, 5.41) is 6.62. The van der Waals surface area contributed by atoms with Crippen LogP contribution in [0, 0.1) is 0 Å². The maximum absolute atomic E-state index is 13.0. The second kappa shape index (κ2) is 6.88. The molecule has 1 aromatic heterocycles. The van der Waals surface area contributed by atoms with Gasteiger partial charge in [0.1, 0.15) is 10.4 Å². The van der Waals surface area contributed by atoms with E-state index in [1.807, 2.05) is 6.07 Å². The summed E-state index contributed by atoms with van der Waals surface area (Å²) in [6, 6.07) is 11.8. The third-order valence-corrected chi connectivity index (χ3v) is 6.22. The van der Waals surface area contributed by atoms with Gasteiger partial charge in [0.05, 0.1) is 11.2 Å². The van der Waals surface area contributed by atoms with Gasteiger partial charge in [-0.25, -0.2) is 8.78 Å². The maximum Gasteiger partial charge on any atom is 0.278 e. The van der Waals surface area contributed by atoms with Gasteiger partial charge >= 0.3 is 0 Å². The van der Waals surface area contributed by atoms with E-state index < -0.39 is 26.9 Å². The van der Waals surface area contributed by atoms with Crippen LogP contribution in [0.1, 0.15) is 12.0 Å². The van der Waals surface area contributed by atoms with Crippen molar-refractivity contribution in [2.75, 3.05) is 4.83 Å². The molecule has 4 aromatic rings. The fourth-order valence-electron chi connectivity index (χ4n) is 2.91. The summed E-state index contributed by atoms with van der Waals surface area (Å²) in [7, 11) is -4.28. The van der Waals surface area contributed by atoms with E-state index in [4.69, 9.17) is 23.2 Å². The molecule has 0 aliphatic heterocycles. The lowest BCUT2D eigenvalue weighted by molar-refractivity contribution is 0.151. The highest BCUT2D eigenvalue weighted by molar-refractivity contribution is 7.92. The van der Waals surface area contributed by atoms with Crippen molar-refractivity contribution in [3.05, 3.63) is 70.3 Å². The molecule has 1 N–H and O–H groups in total. The van der Waals surface area contributed by atoms with Crippen molar-refractivity contribution in [2.24, 2.45) is 0 Å². The highest BCUT2D eigenvalue weighted by Gasteiger charge is 2.22. The van der Waals surface area contributed by atoms with Crippen LogP contribution >= 0.6 is 23.2 Å². The van der Waals surface area contributed by atoms with E-state index in [1.165, 1.54) is 6.20 Å². The van der Waals surface area contributed by atoms with Crippen molar-refractivity contribution < 1.29 is 17.2 Å². The Hall–Kier alpha value is -2.42. The summed E-state index contributed by atoms with van der Waals surface area (Å²) in [5.41, 5.74) is 0.0501. The van der Waals surface area contributed by atoms with Crippen LogP contribution in [0.25, 0.3) is 21.7 Å². The van der Waals surface area contributed by atoms with E-state index in [9.17, 15) is 17.2 Å². The molecule has 3 aromatic carbocycles. The van der Waals surface area contributed by atoms with E-state index in [-0.39, 0.29) is 5.02 Å². The number of nitrogens with zero attached hydrogens (tertiary/aromatic N) is 2. The quantitative estimate of drug-likeness (QED) is 0.463. The van der Waals surface area contributed by atoms with Gasteiger partial charge in [-0.2, -0.15) is 23.1 Å². The molecule has 0 aliphatic rings. The molecule has 0 spiro atoms. The first-order valence-electron chi connectivity index (χ1n) is 7.93. The number of aromatic nitrogens is 2. The van der Waals surface area contributed by atoms with Gasteiger partial charge in [0.25, 0.3) is 16.4 Å². The number of rotatable bonds is 4. The number of hydrogen-bond donors (Lipinski definition) is 1. The van der Waals surface area contributed by atoms with Gasteiger partial charge in [-0.1, -0.05) is 47.5 Å². The zero-order valence-electron chi connectivity index (χ0n) is 13.9. The average Bonchev–Trinajstić information content (AvgIpc) is 3.04. The highest BCUT2D eigenvalue weighted by Crippen LogP contribution is 2.30. The summed E-state index contributed by atoms with van der Waals surface area (Å²) in [5.74, 6) is 0. The summed E-state index contributed by atoms with van der Waals surface area (Å²) in [6.45, 7) is 0. The minimum Gasteiger partial charge on any atom is -0.205 e. The Morgan fingerprint density at radius 3 is 2.50 bits per heavy atom. The third-order valence-electron chi connectivity index (χ3n) is 4.21. The van der Waals surface area contributed by atoms with E-state index in [0.29, 0.717) is 15.9 Å². The maximum atomic E-state index is 13.0. The third kappa shape index (κ3) is 3.28. The van der Waals surface area contributed by atoms with Gasteiger partial charge < -0.3 is 0 Å². The monoisotopic (exact) mass is 441 g/mol. The van der Waals surface area contributed by atoms with Crippen molar-refractivity contribution in [3.8, 4) is 0 Å². The van der Waals surface area contributed by atoms with Crippen LogP contribution in [0.2, 0.25) is 10.0 Å². The van der Waals surface area contributed by atoms with Gasteiger partial charge in [0.15, 0.2) is 0 Å². The number of nitrogens with one attached hydrogen (secondary N) is 1. The lowest BCUT2D eigenvalue weighted by atomic mass is 10.1. The van der Waals surface area contributed by atoms with Crippen molar-refractivity contribution in [2.45, 2.75) is 11.3 Å². The smallest absolute Gasteiger partial charge is 0.205 e. The Balaban J connectivity index is 1.85. The average molecular weight is 442 g/mol. The molecule has 28 heavy (non-hydrogen) atoms. The molecule has 1 heterocycles. The summed E-state index contributed by atoms with van der Waals surface area (Å²) >= 11 is 12.0. The van der Waals surface area contributed by atoms with Crippen LogP contribution < -0.4 is 4.83 Å². The Morgan fingerprint density at radius 2 is 1.75 bits per heavy atom. The fraction of sp³-hybridized carbons (Fsp3) is 0.0556. The molecule has 0 saturated heterocycles. The summed E-state index contributed by atoms with van der Waals surface area (Å²) in [4.78, 5) is 2.90. The van der Waals surface area contributed by atoms with Crippen LogP contribution in [0.5, 0.6) is 0 Å². The molecule has 0 amide bonds. The number of fused-ring (bicyclic) bond motifs is 3.